The molecule has 8 heteroatoms. The average Bonchev–Trinajstić information content (AvgIpc) is 2.48. The number of halogens is 5. The van der Waals surface area contributed by atoms with Crippen LogP contribution in [0.2, 0.25) is 5.02 Å². The van der Waals surface area contributed by atoms with Gasteiger partial charge in [0, 0.05) is 10.0 Å². The number of amides is 1. The lowest BCUT2D eigenvalue weighted by Crippen LogP contribution is -2.49. The number of anilines is 1. The van der Waals surface area contributed by atoms with E-state index >= 15 is 0 Å². The van der Waals surface area contributed by atoms with Crippen molar-refractivity contribution in [3.63, 3.8) is 0 Å². The lowest BCUT2D eigenvalue weighted by molar-refractivity contribution is 0.0942. The van der Waals surface area contributed by atoms with Gasteiger partial charge in [0.1, 0.15) is 6.17 Å². The highest BCUT2D eigenvalue weighted by molar-refractivity contribution is 9.10. The first-order chi connectivity index (χ1) is 10.8. The summed E-state index contributed by atoms with van der Waals surface area (Å²) in [4.78, 5) is 12.3. The van der Waals surface area contributed by atoms with Gasteiger partial charge in [0.25, 0.3) is 5.91 Å². The van der Waals surface area contributed by atoms with Gasteiger partial charge in [-0.2, -0.15) is 0 Å². The molecule has 1 atom stereocenters. The molecule has 0 aliphatic heterocycles. The molecule has 0 fully saturated rings. The average molecular weight is 457 g/mol. The molecule has 2 rings (SSSR count). The molecule has 2 N–H and O–H groups in total. The van der Waals surface area contributed by atoms with E-state index in [4.69, 9.17) is 46.4 Å². The van der Waals surface area contributed by atoms with Gasteiger partial charge in [0.15, 0.2) is 0 Å². The Balaban J connectivity index is 2.18. The molecule has 2 aromatic rings. The fourth-order valence-corrected chi connectivity index (χ4v) is 2.53. The summed E-state index contributed by atoms with van der Waals surface area (Å²) in [5, 5.41) is 6.03. The molecule has 3 nitrogen and oxygen atoms in total. The molecule has 0 radical (unpaired) electrons. The second-order valence-corrected chi connectivity index (χ2v) is 8.27. The van der Waals surface area contributed by atoms with Crippen LogP contribution in [0.25, 0.3) is 0 Å². The van der Waals surface area contributed by atoms with Crippen molar-refractivity contribution in [1.29, 1.82) is 0 Å². The summed E-state index contributed by atoms with van der Waals surface area (Å²) in [6.45, 7) is 0. The van der Waals surface area contributed by atoms with Crippen LogP contribution in [0.5, 0.6) is 0 Å². The van der Waals surface area contributed by atoms with E-state index in [1.165, 1.54) is 0 Å². The standard InChI is InChI=1S/C15H11BrCl4N2O/c16-10-7-5-9(6-8-10)13(23)22-14(15(18,19)20)21-12-4-2-1-3-11(12)17/h1-8,14,21H,(H,22,23). The highest BCUT2D eigenvalue weighted by atomic mass is 79.9. The SMILES string of the molecule is O=C(NC(Nc1ccccc1Cl)C(Cl)(Cl)Cl)c1ccc(Br)cc1. The molecule has 0 aliphatic rings. The first-order valence-corrected chi connectivity index (χ1v) is 8.72. The van der Waals surface area contributed by atoms with Crippen LogP contribution in [0.1, 0.15) is 10.4 Å². The van der Waals surface area contributed by atoms with Gasteiger partial charge < -0.3 is 10.6 Å². The van der Waals surface area contributed by atoms with Crippen molar-refractivity contribution in [2.75, 3.05) is 5.32 Å². The summed E-state index contributed by atoms with van der Waals surface area (Å²) in [7, 11) is 0. The van der Waals surface area contributed by atoms with Crippen LogP contribution >= 0.6 is 62.3 Å². The summed E-state index contributed by atoms with van der Waals surface area (Å²) in [6, 6.07) is 13.8. The van der Waals surface area contributed by atoms with E-state index in [2.05, 4.69) is 26.6 Å². The summed E-state index contributed by atoms with van der Waals surface area (Å²) < 4.78 is -0.911. The third-order valence-corrected chi connectivity index (χ3v) is 4.40. The van der Waals surface area contributed by atoms with Crippen molar-refractivity contribution in [3.05, 3.63) is 63.6 Å². The van der Waals surface area contributed by atoms with Crippen LogP contribution < -0.4 is 10.6 Å². The molecule has 0 saturated heterocycles. The molecule has 23 heavy (non-hydrogen) atoms. The minimum Gasteiger partial charge on any atom is -0.361 e. The molecule has 0 aliphatic carbocycles. The van der Waals surface area contributed by atoms with Crippen LogP contribution in [-0.2, 0) is 0 Å². The van der Waals surface area contributed by atoms with E-state index in [0.29, 0.717) is 16.3 Å². The Bertz CT molecular complexity index is 689. The minimum absolute atomic E-state index is 0.381. The van der Waals surface area contributed by atoms with E-state index in [1.54, 1.807) is 48.5 Å². The van der Waals surface area contributed by atoms with E-state index in [-0.39, 0.29) is 5.91 Å². The Kier molecular flexibility index (Phi) is 6.46. The molecule has 2 aromatic carbocycles. The van der Waals surface area contributed by atoms with Crippen molar-refractivity contribution < 1.29 is 4.79 Å². The van der Waals surface area contributed by atoms with Crippen molar-refractivity contribution in [2.24, 2.45) is 0 Å². The van der Waals surface area contributed by atoms with Crippen LogP contribution in [0, 0.1) is 0 Å². The molecule has 1 unspecified atom stereocenters. The second kappa shape index (κ2) is 7.95. The summed E-state index contributed by atoms with van der Waals surface area (Å²) in [5.41, 5.74) is 0.981. The van der Waals surface area contributed by atoms with Crippen molar-refractivity contribution in [3.8, 4) is 0 Å². The molecule has 0 heterocycles. The number of hydrogen-bond donors (Lipinski definition) is 2. The number of hydrogen-bond acceptors (Lipinski definition) is 2. The number of carbonyl (C=O) groups is 1. The van der Waals surface area contributed by atoms with Gasteiger partial charge in [-0.05, 0) is 36.4 Å². The fourth-order valence-electron chi connectivity index (χ4n) is 1.75. The first-order valence-electron chi connectivity index (χ1n) is 6.41. The van der Waals surface area contributed by atoms with E-state index in [1.807, 2.05) is 0 Å². The Labute approximate surface area is 162 Å². The van der Waals surface area contributed by atoms with Gasteiger partial charge in [0.05, 0.1) is 10.7 Å². The predicted molar refractivity (Wildman–Crippen MR) is 101 cm³/mol. The lowest BCUT2D eigenvalue weighted by Gasteiger charge is -2.27. The lowest BCUT2D eigenvalue weighted by atomic mass is 10.2. The van der Waals surface area contributed by atoms with Gasteiger partial charge in [0.2, 0.25) is 3.79 Å². The second-order valence-electron chi connectivity index (χ2n) is 4.58. The monoisotopic (exact) mass is 454 g/mol. The summed E-state index contributed by atoms with van der Waals surface area (Å²) >= 11 is 27.3. The van der Waals surface area contributed by atoms with Crippen LogP contribution in [0.3, 0.4) is 0 Å². The van der Waals surface area contributed by atoms with Crippen molar-refractivity contribution in [2.45, 2.75) is 9.96 Å². The smallest absolute Gasteiger partial charge is 0.252 e. The van der Waals surface area contributed by atoms with Crippen LogP contribution in [0.4, 0.5) is 5.69 Å². The zero-order valence-corrected chi connectivity index (χ0v) is 16.1. The topological polar surface area (TPSA) is 41.1 Å². The van der Waals surface area contributed by atoms with E-state index < -0.39 is 9.96 Å². The maximum absolute atomic E-state index is 12.3. The minimum atomic E-state index is -1.77. The number of carbonyl (C=O) groups excluding carboxylic acids is 1. The maximum Gasteiger partial charge on any atom is 0.252 e. The molecule has 0 bridgehead atoms. The molecular weight excluding hydrogens is 446 g/mol. The predicted octanol–water partition coefficient (Wildman–Crippen LogP) is 5.64. The molecule has 0 saturated carbocycles. The maximum atomic E-state index is 12.3. The highest BCUT2D eigenvalue weighted by Gasteiger charge is 2.34. The Morgan fingerprint density at radius 1 is 1.04 bits per heavy atom. The largest absolute Gasteiger partial charge is 0.361 e. The molecule has 1 amide bonds. The van der Waals surface area contributed by atoms with Crippen molar-refractivity contribution in [1.82, 2.24) is 5.32 Å². The van der Waals surface area contributed by atoms with E-state index in [0.717, 1.165) is 4.47 Å². The zero-order chi connectivity index (χ0) is 17.0. The van der Waals surface area contributed by atoms with Crippen molar-refractivity contribution >= 4 is 73.9 Å². The molecule has 0 spiro atoms. The number of para-hydroxylation sites is 1. The molecule has 0 aromatic heterocycles. The van der Waals surface area contributed by atoms with Crippen LogP contribution in [-0.4, -0.2) is 15.9 Å². The number of rotatable bonds is 4. The Morgan fingerprint density at radius 2 is 1.65 bits per heavy atom. The highest BCUT2D eigenvalue weighted by Crippen LogP contribution is 2.32. The third kappa shape index (κ3) is 5.44. The van der Waals surface area contributed by atoms with Crippen LogP contribution in [0.15, 0.2) is 53.0 Å². The fraction of sp³-hybridized carbons (Fsp3) is 0.133. The third-order valence-electron chi connectivity index (χ3n) is 2.88. The normalized spacial score (nSPS) is 12.6. The zero-order valence-electron chi connectivity index (χ0n) is 11.5. The summed E-state index contributed by atoms with van der Waals surface area (Å²) in [6.07, 6.45) is -0.969. The van der Waals surface area contributed by atoms with Gasteiger partial charge in [-0.15, -0.1) is 0 Å². The van der Waals surface area contributed by atoms with E-state index in [9.17, 15) is 4.79 Å². The number of alkyl halides is 3. The van der Waals surface area contributed by atoms with Gasteiger partial charge in [-0.1, -0.05) is 74.5 Å². The Hall–Kier alpha value is -0.650. The van der Waals surface area contributed by atoms with Gasteiger partial charge in [-0.25, -0.2) is 0 Å². The number of nitrogens with one attached hydrogen (secondary N) is 2. The van der Waals surface area contributed by atoms with Gasteiger partial charge >= 0.3 is 0 Å². The molecular formula is C15H11BrCl4N2O. The van der Waals surface area contributed by atoms with Gasteiger partial charge in [-0.3, -0.25) is 4.79 Å². The summed E-state index contributed by atoms with van der Waals surface area (Å²) in [5.74, 6) is -0.381. The first kappa shape index (κ1) is 18.7. The Morgan fingerprint density at radius 3 is 2.22 bits per heavy atom. The molecule has 122 valence electrons. The quantitative estimate of drug-likeness (QED) is 0.461. The number of benzene rings is 2.